The first kappa shape index (κ1) is 22.7. The molecule has 2 amide bonds. The van der Waals surface area contributed by atoms with Gasteiger partial charge in [0, 0.05) is 6.54 Å². The fourth-order valence-corrected chi connectivity index (χ4v) is 2.96. The lowest BCUT2D eigenvalue weighted by Crippen LogP contribution is -2.40. The molecule has 32 heavy (non-hydrogen) atoms. The molecule has 2 aromatic carbocycles. The number of nitrogen functional groups attached to an aromatic ring is 1. The highest BCUT2D eigenvalue weighted by molar-refractivity contribution is 6.00. The van der Waals surface area contributed by atoms with Crippen LogP contribution in [0.2, 0.25) is 0 Å². The summed E-state index contributed by atoms with van der Waals surface area (Å²) >= 11 is 0. The number of nitrogens with one attached hydrogen (secondary N) is 2. The topological polar surface area (TPSA) is 91.0 Å². The maximum atomic E-state index is 13.0. The average Bonchev–Trinajstić information content (AvgIpc) is 2.76. The molecule has 0 aliphatic rings. The van der Waals surface area contributed by atoms with Crippen LogP contribution in [0.5, 0.6) is 11.5 Å². The average molecular weight is 447 g/mol. The first-order chi connectivity index (χ1) is 15.3. The lowest BCUT2D eigenvalue weighted by Gasteiger charge is -2.17. The third-order valence-electron chi connectivity index (χ3n) is 4.47. The van der Waals surface area contributed by atoms with Gasteiger partial charge >= 0.3 is 18.2 Å². The van der Waals surface area contributed by atoms with Gasteiger partial charge in [-0.05, 0) is 60.5 Å². The molecule has 1 aromatic heterocycles. The van der Waals surface area contributed by atoms with Gasteiger partial charge in [0.05, 0.1) is 13.3 Å². The maximum Gasteiger partial charge on any atom is 0.573 e. The lowest BCUT2D eigenvalue weighted by atomic mass is 10.1. The van der Waals surface area contributed by atoms with Crippen molar-refractivity contribution in [2.75, 3.05) is 24.3 Å². The van der Waals surface area contributed by atoms with Crippen molar-refractivity contribution in [3.8, 4) is 11.5 Å². The van der Waals surface area contributed by atoms with E-state index in [-0.39, 0.29) is 11.5 Å². The van der Waals surface area contributed by atoms with Gasteiger partial charge in [-0.2, -0.15) is 0 Å². The normalized spacial score (nSPS) is 11.0. The number of nitrogens with zero attached hydrogens (tertiary/aromatic N) is 1. The second kappa shape index (κ2) is 9.90. The Morgan fingerprint density at radius 2 is 1.72 bits per heavy atom. The number of anilines is 3. The van der Waals surface area contributed by atoms with Gasteiger partial charge in [0.15, 0.2) is 0 Å². The second-order valence-corrected chi connectivity index (χ2v) is 6.68. The molecule has 3 rings (SSSR count). The van der Waals surface area contributed by atoms with Crippen LogP contribution in [0.3, 0.4) is 0 Å². The number of methoxy groups -OCH3 is 1. The molecule has 0 unspecified atom stereocenters. The molecule has 0 radical (unpaired) electrons. The number of nitrogens with two attached hydrogens (primary N) is 1. The van der Waals surface area contributed by atoms with E-state index in [1.165, 1.54) is 17.0 Å². The molecular formula is C22H22F3N4O3+. The van der Waals surface area contributed by atoms with E-state index in [0.717, 1.165) is 23.4 Å². The number of rotatable bonds is 7. The first-order valence-electron chi connectivity index (χ1n) is 9.60. The third-order valence-corrected chi connectivity index (χ3v) is 4.47. The third kappa shape index (κ3) is 6.03. The number of carbonyl (C=O) groups excluding carboxylic acids is 1. The number of hydrogen-bond acceptors (Lipinski definition) is 4. The molecule has 168 valence electrons. The number of pyridine rings is 1. The Labute approximate surface area is 182 Å². The first-order valence-corrected chi connectivity index (χ1v) is 9.60. The number of aromatic amines is 1. The zero-order valence-corrected chi connectivity index (χ0v) is 17.1. The number of halogens is 3. The minimum atomic E-state index is -4.81. The fourth-order valence-electron chi connectivity index (χ4n) is 2.96. The molecule has 0 saturated heterocycles. The number of hydrogen-bond donors (Lipinski definition) is 2. The van der Waals surface area contributed by atoms with E-state index >= 15 is 0 Å². The predicted molar refractivity (Wildman–Crippen MR) is 113 cm³/mol. The molecule has 0 aliphatic carbocycles. The minimum Gasteiger partial charge on any atom is -0.497 e. The van der Waals surface area contributed by atoms with Gasteiger partial charge in [0.1, 0.15) is 22.9 Å². The number of urea groups is 1. The molecule has 3 aromatic rings. The number of H-pyrrole nitrogens is 1. The predicted octanol–water partition coefficient (Wildman–Crippen LogP) is 4.08. The van der Waals surface area contributed by atoms with Gasteiger partial charge < -0.3 is 20.5 Å². The number of carbonyl (C=O) groups is 1. The summed E-state index contributed by atoms with van der Waals surface area (Å²) in [4.78, 5) is 17.2. The monoisotopic (exact) mass is 447 g/mol. The summed E-state index contributed by atoms with van der Waals surface area (Å²) in [6.07, 6.45) is -2.65. The Morgan fingerprint density at radius 1 is 1.06 bits per heavy atom. The molecule has 0 spiro atoms. The van der Waals surface area contributed by atoms with E-state index in [1.54, 1.807) is 25.4 Å². The van der Waals surface area contributed by atoms with Crippen molar-refractivity contribution in [2.45, 2.75) is 12.8 Å². The number of benzene rings is 2. The minimum absolute atomic E-state index is 0.277. The largest absolute Gasteiger partial charge is 0.573 e. The Bertz CT molecular complexity index is 1040. The Hall–Kier alpha value is -3.95. The zero-order valence-electron chi connectivity index (χ0n) is 17.1. The van der Waals surface area contributed by atoms with Crippen molar-refractivity contribution in [2.24, 2.45) is 0 Å². The molecule has 4 N–H and O–H groups in total. The highest BCUT2D eigenvalue weighted by Gasteiger charge is 2.32. The molecule has 0 saturated carbocycles. The van der Waals surface area contributed by atoms with Crippen LogP contribution in [0.25, 0.3) is 0 Å². The zero-order chi connectivity index (χ0) is 23.1. The highest BCUT2D eigenvalue weighted by atomic mass is 19.4. The Balaban J connectivity index is 1.76. The maximum absolute atomic E-state index is 13.0. The summed E-state index contributed by atoms with van der Waals surface area (Å²) in [7, 11) is 1.58. The van der Waals surface area contributed by atoms with Crippen LogP contribution in [-0.4, -0.2) is 26.0 Å². The van der Waals surface area contributed by atoms with Gasteiger partial charge in [-0.15, -0.1) is 18.1 Å². The van der Waals surface area contributed by atoms with E-state index < -0.39 is 18.1 Å². The molecule has 0 aliphatic heterocycles. The van der Waals surface area contributed by atoms with Gasteiger partial charge in [-0.25, -0.2) is 9.78 Å². The molecule has 0 fully saturated rings. The van der Waals surface area contributed by atoms with Crippen LogP contribution in [0, 0.1) is 0 Å². The van der Waals surface area contributed by atoms with Crippen LogP contribution >= 0.6 is 0 Å². The number of amides is 2. The van der Waals surface area contributed by atoms with Gasteiger partial charge in [-0.3, -0.25) is 0 Å². The summed E-state index contributed by atoms with van der Waals surface area (Å²) in [5, 5.41) is 2.81. The lowest BCUT2D eigenvalue weighted by molar-refractivity contribution is -0.361. The standard InChI is InChI=1S/C22H21F3N4O3/c1-31-17-8-4-15(5-9-17)12-14-28-21(30)29(20-19(26)3-2-13-27-20)16-6-10-18(11-7-16)32-22(23,24)25/h2-11,13H,12,14,26H2,1H3,(H,28,30)/p+1. The summed E-state index contributed by atoms with van der Waals surface area (Å²) in [6.45, 7) is 0.323. The van der Waals surface area contributed by atoms with E-state index in [0.29, 0.717) is 18.7 Å². The van der Waals surface area contributed by atoms with Crippen LogP contribution < -0.4 is 30.4 Å². The fraction of sp³-hybridized carbons (Fsp3) is 0.182. The number of ether oxygens (including phenoxy) is 2. The molecule has 10 heteroatoms. The van der Waals surface area contributed by atoms with E-state index in [9.17, 15) is 18.0 Å². The van der Waals surface area contributed by atoms with Crippen molar-refractivity contribution in [1.82, 2.24) is 5.32 Å². The number of aromatic nitrogens is 1. The van der Waals surface area contributed by atoms with E-state index in [2.05, 4.69) is 15.0 Å². The van der Waals surface area contributed by atoms with Crippen molar-refractivity contribution in [3.05, 3.63) is 72.4 Å². The molecular weight excluding hydrogens is 425 g/mol. The molecule has 1 heterocycles. The van der Waals surface area contributed by atoms with Crippen molar-refractivity contribution in [3.63, 3.8) is 0 Å². The van der Waals surface area contributed by atoms with Gasteiger partial charge in [-0.1, -0.05) is 12.1 Å². The smallest absolute Gasteiger partial charge is 0.497 e. The summed E-state index contributed by atoms with van der Waals surface area (Å²) < 4.78 is 46.3. The molecule has 0 atom stereocenters. The van der Waals surface area contributed by atoms with Crippen molar-refractivity contribution < 1.29 is 32.4 Å². The van der Waals surface area contributed by atoms with E-state index in [4.69, 9.17) is 10.5 Å². The molecule has 7 nitrogen and oxygen atoms in total. The quantitative estimate of drug-likeness (QED) is 0.571. The van der Waals surface area contributed by atoms with Crippen LogP contribution in [-0.2, 0) is 6.42 Å². The summed E-state index contributed by atoms with van der Waals surface area (Å²) in [6, 6.07) is 15.1. The van der Waals surface area contributed by atoms with Crippen LogP contribution in [0.1, 0.15) is 5.56 Å². The van der Waals surface area contributed by atoms with Gasteiger partial charge in [0.2, 0.25) is 0 Å². The van der Waals surface area contributed by atoms with E-state index in [1.807, 2.05) is 24.3 Å². The Kier molecular flexibility index (Phi) is 7.04. The highest BCUT2D eigenvalue weighted by Crippen LogP contribution is 2.30. The summed E-state index contributed by atoms with van der Waals surface area (Å²) in [5.41, 5.74) is 7.60. The van der Waals surface area contributed by atoms with Crippen LogP contribution in [0.15, 0.2) is 66.9 Å². The SMILES string of the molecule is COc1ccc(CCNC(=O)N(c2ccc(OC(F)(F)F)cc2)c2[nH+]cccc2N)cc1. The van der Waals surface area contributed by atoms with Gasteiger partial charge in [0.25, 0.3) is 0 Å². The van der Waals surface area contributed by atoms with Crippen molar-refractivity contribution >= 4 is 23.2 Å². The van der Waals surface area contributed by atoms with Crippen LogP contribution in [0.4, 0.5) is 35.2 Å². The summed E-state index contributed by atoms with van der Waals surface area (Å²) in [5.74, 6) is 0.613. The number of alkyl halides is 3. The Morgan fingerprint density at radius 3 is 2.31 bits per heavy atom. The molecule has 0 bridgehead atoms. The second-order valence-electron chi connectivity index (χ2n) is 6.68. The van der Waals surface area contributed by atoms with Crippen molar-refractivity contribution in [1.29, 1.82) is 0 Å².